The lowest BCUT2D eigenvalue weighted by atomic mass is 10.2. The maximum absolute atomic E-state index is 14.1. The minimum atomic E-state index is -3.94. The van der Waals surface area contributed by atoms with Gasteiger partial charge in [0.25, 0.3) is 5.91 Å². The number of hydrogen-bond donors (Lipinski definition) is 1. The minimum Gasteiger partial charge on any atom is -0.457 e. The van der Waals surface area contributed by atoms with Crippen LogP contribution in [0.2, 0.25) is 0 Å². The van der Waals surface area contributed by atoms with Gasteiger partial charge in [-0.3, -0.25) is 4.79 Å². The molecule has 30 heavy (non-hydrogen) atoms. The molecule has 3 aromatic carbocycles. The third kappa shape index (κ3) is 4.19. The summed E-state index contributed by atoms with van der Waals surface area (Å²) >= 11 is 0. The fourth-order valence-corrected chi connectivity index (χ4v) is 4.55. The van der Waals surface area contributed by atoms with Crippen molar-refractivity contribution in [2.24, 2.45) is 0 Å². The Morgan fingerprint density at radius 3 is 2.23 bits per heavy atom. The summed E-state index contributed by atoms with van der Waals surface area (Å²) in [5.41, 5.74) is 0.553. The molecule has 6 nitrogen and oxygen atoms in total. The lowest BCUT2D eigenvalue weighted by Crippen LogP contribution is -2.42. The summed E-state index contributed by atoms with van der Waals surface area (Å²) in [6.07, 6.45) is 0.741. The predicted molar refractivity (Wildman–Crippen MR) is 111 cm³/mol. The van der Waals surface area contributed by atoms with Gasteiger partial charge in [-0.25, -0.2) is 12.8 Å². The number of ether oxygens (including phenoxy) is 1. The van der Waals surface area contributed by atoms with Crippen molar-refractivity contribution in [1.29, 1.82) is 0 Å². The first-order valence-corrected chi connectivity index (χ1v) is 10.8. The summed E-state index contributed by atoms with van der Waals surface area (Å²) < 4.78 is 46.0. The zero-order valence-corrected chi connectivity index (χ0v) is 16.7. The molecule has 8 heteroatoms. The number of nitrogens with zero attached hydrogens (tertiary/aromatic N) is 1. The van der Waals surface area contributed by atoms with Gasteiger partial charge in [0, 0.05) is 24.3 Å². The second-order valence-electron chi connectivity index (χ2n) is 6.80. The van der Waals surface area contributed by atoms with E-state index >= 15 is 0 Å². The topological polar surface area (TPSA) is 75.7 Å². The number of nitrogens with one attached hydrogen (secondary N) is 1. The Morgan fingerprint density at radius 2 is 1.60 bits per heavy atom. The zero-order chi connectivity index (χ0) is 21.1. The molecule has 0 saturated carbocycles. The fraction of sp³-hybridized carbons (Fsp3) is 0.136. The van der Waals surface area contributed by atoms with Gasteiger partial charge in [-0.1, -0.05) is 18.2 Å². The summed E-state index contributed by atoms with van der Waals surface area (Å²) in [7, 11) is -3.94. The summed E-state index contributed by atoms with van der Waals surface area (Å²) in [5, 5.41) is 2.68. The lowest BCUT2D eigenvalue weighted by Gasteiger charge is -2.29. The molecule has 3 aromatic rings. The Labute approximate surface area is 174 Å². The number of amides is 1. The third-order valence-electron chi connectivity index (χ3n) is 4.72. The number of hydrogen-bond acceptors (Lipinski definition) is 4. The van der Waals surface area contributed by atoms with E-state index in [4.69, 9.17) is 4.74 Å². The molecule has 1 amide bonds. The van der Waals surface area contributed by atoms with Crippen molar-refractivity contribution >= 4 is 21.6 Å². The van der Waals surface area contributed by atoms with E-state index in [-0.39, 0.29) is 5.56 Å². The van der Waals surface area contributed by atoms with E-state index in [9.17, 15) is 17.6 Å². The van der Waals surface area contributed by atoms with Crippen molar-refractivity contribution in [1.82, 2.24) is 4.31 Å². The Bertz CT molecular complexity index is 1160. The second kappa shape index (κ2) is 8.25. The average Bonchev–Trinajstić information content (AvgIpc) is 2.69. The first-order chi connectivity index (χ1) is 14.4. The maximum atomic E-state index is 14.1. The SMILES string of the molecule is O=C(Nc1ccc(Oc2ccccc2)cc1)c1ccc(F)c(S(=O)(=O)N2CCC2)c1. The van der Waals surface area contributed by atoms with Crippen LogP contribution in [0.25, 0.3) is 0 Å². The highest BCUT2D eigenvalue weighted by Crippen LogP contribution is 2.26. The number of rotatable bonds is 6. The number of sulfonamides is 1. The number of anilines is 1. The van der Waals surface area contributed by atoms with Gasteiger partial charge in [0.15, 0.2) is 0 Å². The Balaban J connectivity index is 1.48. The molecule has 0 spiro atoms. The van der Waals surface area contributed by atoms with Crippen molar-refractivity contribution in [3.05, 3.63) is 84.2 Å². The number of carbonyl (C=O) groups is 1. The highest BCUT2D eigenvalue weighted by atomic mass is 32.2. The number of benzene rings is 3. The Morgan fingerprint density at radius 1 is 0.933 bits per heavy atom. The van der Waals surface area contributed by atoms with Crippen LogP contribution in [0, 0.1) is 5.82 Å². The summed E-state index contributed by atoms with van der Waals surface area (Å²) in [6.45, 7) is 0.713. The number of carbonyl (C=O) groups excluding carboxylic acids is 1. The smallest absolute Gasteiger partial charge is 0.255 e. The van der Waals surface area contributed by atoms with Crippen LogP contribution in [0.1, 0.15) is 16.8 Å². The predicted octanol–water partition coefficient (Wildman–Crippen LogP) is 4.26. The van der Waals surface area contributed by atoms with Gasteiger partial charge in [-0.05, 0) is 61.0 Å². The molecule has 0 bridgehead atoms. The molecule has 1 heterocycles. The van der Waals surface area contributed by atoms with Crippen molar-refractivity contribution in [3.63, 3.8) is 0 Å². The standard InChI is InChI=1S/C22H19FN2O4S/c23-20-12-7-16(15-21(20)30(27,28)25-13-4-14-25)22(26)24-17-8-10-19(11-9-17)29-18-5-2-1-3-6-18/h1-3,5-12,15H,4,13-14H2,(H,24,26). The lowest BCUT2D eigenvalue weighted by molar-refractivity contribution is 0.102. The van der Waals surface area contributed by atoms with Gasteiger partial charge < -0.3 is 10.1 Å². The summed E-state index contributed by atoms with van der Waals surface area (Å²) in [6, 6.07) is 19.3. The van der Waals surface area contributed by atoms with Gasteiger partial charge in [0.1, 0.15) is 22.2 Å². The van der Waals surface area contributed by atoms with Gasteiger partial charge in [0.2, 0.25) is 10.0 Å². The van der Waals surface area contributed by atoms with Crippen molar-refractivity contribution in [2.45, 2.75) is 11.3 Å². The maximum Gasteiger partial charge on any atom is 0.255 e. The van der Waals surface area contributed by atoms with Crippen LogP contribution in [0.5, 0.6) is 11.5 Å². The van der Waals surface area contributed by atoms with E-state index < -0.39 is 26.6 Å². The minimum absolute atomic E-state index is 0.0557. The third-order valence-corrected chi connectivity index (χ3v) is 6.63. The van der Waals surface area contributed by atoms with E-state index in [0.717, 1.165) is 18.6 Å². The molecule has 1 fully saturated rings. The van der Waals surface area contributed by atoms with Gasteiger partial charge in [-0.15, -0.1) is 0 Å². The molecule has 1 aliphatic rings. The van der Waals surface area contributed by atoms with E-state index in [1.54, 1.807) is 24.3 Å². The van der Waals surface area contributed by atoms with E-state index in [2.05, 4.69) is 5.32 Å². The number of halogens is 1. The zero-order valence-electron chi connectivity index (χ0n) is 15.9. The van der Waals surface area contributed by atoms with E-state index in [0.29, 0.717) is 30.3 Å². The van der Waals surface area contributed by atoms with Gasteiger partial charge in [0.05, 0.1) is 0 Å². The molecule has 0 aliphatic carbocycles. The Kier molecular flexibility index (Phi) is 5.52. The van der Waals surface area contributed by atoms with Crippen LogP contribution in [0.4, 0.5) is 10.1 Å². The Hall–Kier alpha value is -3.23. The van der Waals surface area contributed by atoms with Crippen LogP contribution in [-0.2, 0) is 10.0 Å². The molecule has 4 rings (SSSR count). The number of para-hydroxylation sites is 1. The second-order valence-corrected chi connectivity index (χ2v) is 8.70. The van der Waals surface area contributed by atoms with Crippen molar-refractivity contribution < 1.29 is 22.3 Å². The molecule has 0 unspecified atom stereocenters. The molecular weight excluding hydrogens is 407 g/mol. The van der Waals surface area contributed by atoms with Crippen LogP contribution < -0.4 is 10.1 Å². The van der Waals surface area contributed by atoms with Gasteiger partial charge in [-0.2, -0.15) is 4.31 Å². The molecule has 0 radical (unpaired) electrons. The monoisotopic (exact) mass is 426 g/mol. The van der Waals surface area contributed by atoms with Crippen LogP contribution in [0.3, 0.4) is 0 Å². The van der Waals surface area contributed by atoms with Crippen LogP contribution in [-0.4, -0.2) is 31.7 Å². The highest BCUT2D eigenvalue weighted by molar-refractivity contribution is 7.89. The normalized spacial score (nSPS) is 14.0. The molecule has 1 aliphatic heterocycles. The van der Waals surface area contributed by atoms with E-state index in [1.165, 1.54) is 10.4 Å². The quantitative estimate of drug-likeness (QED) is 0.639. The van der Waals surface area contributed by atoms with Crippen molar-refractivity contribution in [3.8, 4) is 11.5 Å². The van der Waals surface area contributed by atoms with Crippen molar-refractivity contribution in [2.75, 3.05) is 18.4 Å². The molecule has 1 saturated heterocycles. The first-order valence-electron chi connectivity index (χ1n) is 9.37. The van der Waals surface area contributed by atoms with Gasteiger partial charge >= 0.3 is 0 Å². The first kappa shape index (κ1) is 20.1. The molecule has 154 valence electrons. The summed E-state index contributed by atoms with van der Waals surface area (Å²) in [5.74, 6) is -0.118. The van der Waals surface area contributed by atoms with Crippen LogP contribution >= 0.6 is 0 Å². The molecule has 0 atom stereocenters. The average molecular weight is 426 g/mol. The molecule has 1 N–H and O–H groups in total. The molecular formula is C22H19FN2O4S. The highest BCUT2D eigenvalue weighted by Gasteiger charge is 2.32. The van der Waals surface area contributed by atoms with E-state index in [1.807, 2.05) is 30.3 Å². The fourth-order valence-electron chi connectivity index (χ4n) is 2.94. The largest absolute Gasteiger partial charge is 0.457 e. The summed E-state index contributed by atoms with van der Waals surface area (Å²) in [4.78, 5) is 12.1. The van der Waals surface area contributed by atoms with Crippen LogP contribution in [0.15, 0.2) is 77.7 Å². The molecule has 0 aromatic heterocycles.